The second kappa shape index (κ2) is 4.04. The van der Waals surface area contributed by atoms with Crippen LogP contribution in [0.2, 0.25) is 0 Å². The van der Waals surface area contributed by atoms with E-state index >= 15 is 0 Å². The molecule has 0 heterocycles. The van der Waals surface area contributed by atoms with Crippen LogP contribution in [-0.4, -0.2) is 5.11 Å². The van der Waals surface area contributed by atoms with E-state index < -0.39 is 0 Å². The lowest BCUT2D eigenvalue weighted by atomic mass is 9.99. The topological polar surface area (TPSA) is 20.2 Å². The number of phenols is 1. The molecule has 0 fully saturated rings. The van der Waals surface area contributed by atoms with Gasteiger partial charge in [0.05, 0.1) is 0 Å². The Hall–Kier alpha value is -0.980. The summed E-state index contributed by atoms with van der Waals surface area (Å²) in [7, 11) is 0. The lowest BCUT2D eigenvalue weighted by Crippen LogP contribution is -1.98. The number of rotatable bonds is 3. The highest BCUT2D eigenvalue weighted by Gasteiger charge is 2.20. The summed E-state index contributed by atoms with van der Waals surface area (Å²) in [6, 6.07) is 5.82. The summed E-state index contributed by atoms with van der Waals surface area (Å²) in [4.78, 5) is 0. The summed E-state index contributed by atoms with van der Waals surface area (Å²) in [5, 5.41) is 9.36. The van der Waals surface area contributed by atoms with Crippen LogP contribution in [0.4, 0.5) is 0 Å². The largest absolute Gasteiger partial charge is 0.508 e. The Kier molecular flexibility index (Phi) is 2.76. The van der Waals surface area contributed by atoms with E-state index in [2.05, 4.69) is 13.0 Å². The first-order valence-corrected chi connectivity index (χ1v) is 5.60. The van der Waals surface area contributed by atoms with Gasteiger partial charge in [-0.15, -0.1) is 0 Å². The summed E-state index contributed by atoms with van der Waals surface area (Å²) in [5.41, 5.74) is 2.81. The van der Waals surface area contributed by atoms with Gasteiger partial charge in [0.25, 0.3) is 0 Å². The van der Waals surface area contributed by atoms with Gasteiger partial charge in [-0.3, -0.25) is 0 Å². The van der Waals surface area contributed by atoms with Crippen LogP contribution in [0, 0.1) is 5.92 Å². The van der Waals surface area contributed by atoms with Crippen LogP contribution in [0.1, 0.15) is 37.3 Å². The molecule has 0 aromatic heterocycles. The SMILES string of the molecule is CCCCC1Cc2ccc(O)cc2C1. The molecule has 1 heteroatoms. The molecule has 1 unspecified atom stereocenters. The van der Waals surface area contributed by atoms with Gasteiger partial charge >= 0.3 is 0 Å². The van der Waals surface area contributed by atoms with Crippen molar-refractivity contribution in [1.29, 1.82) is 0 Å². The molecule has 0 saturated carbocycles. The molecule has 1 aliphatic rings. The Balaban J connectivity index is 2.03. The van der Waals surface area contributed by atoms with E-state index in [1.165, 1.54) is 43.2 Å². The van der Waals surface area contributed by atoms with Crippen molar-refractivity contribution in [2.24, 2.45) is 5.92 Å². The molecule has 0 bridgehead atoms. The first-order chi connectivity index (χ1) is 6.79. The maximum atomic E-state index is 9.36. The van der Waals surface area contributed by atoms with E-state index in [0.717, 1.165) is 5.92 Å². The fourth-order valence-electron chi connectivity index (χ4n) is 2.39. The molecule has 1 nitrogen and oxygen atoms in total. The molecule has 1 atom stereocenters. The van der Waals surface area contributed by atoms with Crippen LogP contribution in [-0.2, 0) is 12.8 Å². The summed E-state index contributed by atoms with van der Waals surface area (Å²) in [6.07, 6.45) is 6.36. The number of fused-ring (bicyclic) bond motifs is 1. The second-order valence-corrected chi connectivity index (χ2v) is 4.37. The standard InChI is InChI=1S/C13H18O/c1-2-3-4-10-7-11-5-6-13(14)9-12(11)8-10/h5-6,9-10,14H,2-4,7-8H2,1H3. The predicted molar refractivity (Wildman–Crippen MR) is 58.5 cm³/mol. The van der Waals surface area contributed by atoms with Gasteiger partial charge in [0, 0.05) is 0 Å². The lowest BCUT2D eigenvalue weighted by Gasteiger charge is -2.06. The molecule has 1 aromatic carbocycles. The van der Waals surface area contributed by atoms with Crippen LogP contribution in [0.15, 0.2) is 18.2 Å². The Bertz CT molecular complexity index is 317. The summed E-state index contributed by atoms with van der Waals surface area (Å²) < 4.78 is 0. The lowest BCUT2D eigenvalue weighted by molar-refractivity contribution is 0.473. The summed E-state index contributed by atoms with van der Waals surface area (Å²) in [5.74, 6) is 1.24. The van der Waals surface area contributed by atoms with Gasteiger partial charge in [0.15, 0.2) is 0 Å². The van der Waals surface area contributed by atoms with Crippen LogP contribution >= 0.6 is 0 Å². The van der Waals surface area contributed by atoms with Crippen molar-refractivity contribution in [3.05, 3.63) is 29.3 Å². The first-order valence-electron chi connectivity index (χ1n) is 5.60. The number of hydrogen-bond acceptors (Lipinski definition) is 1. The van der Waals surface area contributed by atoms with E-state index in [-0.39, 0.29) is 0 Å². The Morgan fingerprint density at radius 1 is 1.29 bits per heavy atom. The second-order valence-electron chi connectivity index (χ2n) is 4.37. The highest BCUT2D eigenvalue weighted by atomic mass is 16.3. The number of aromatic hydroxyl groups is 1. The van der Waals surface area contributed by atoms with Crippen molar-refractivity contribution in [2.75, 3.05) is 0 Å². The number of hydrogen-bond donors (Lipinski definition) is 1. The third-order valence-electron chi connectivity index (χ3n) is 3.17. The van der Waals surface area contributed by atoms with Crippen molar-refractivity contribution < 1.29 is 5.11 Å². The monoisotopic (exact) mass is 190 g/mol. The van der Waals surface area contributed by atoms with Gasteiger partial charge in [-0.25, -0.2) is 0 Å². The smallest absolute Gasteiger partial charge is 0.115 e. The van der Waals surface area contributed by atoms with E-state index in [0.29, 0.717) is 5.75 Å². The average molecular weight is 190 g/mol. The zero-order valence-electron chi connectivity index (χ0n) is 8.79. The fourth-order valence-corrected chi connectivity index (χ4v) is 2.39. The molecule has 0 spiro atoms. The van der Waals surface area contributed by atoms with Crippen molar-refractivity contribution in [1.82, 2.24) is 0 Å². The van der Waals surface area contributed by atoms with Gasteiger partial charge < -0.3 is 5.11 Å². The molecular formula is C13H18O. The van der Waals surface area contributed by atoms with E-state index in [9.17, 15) is 5.11 Å². The average Bonchev–Trinajstić information content (AvgIpc) is 2.56. The van der Waals surface area contributed by atoms with E-state index in [4.69, 9.17) is 0 Å². The van der Waals surface area contributed by atoms with Crippen molar-refractivity contribution in [3.63, 3.8) is 0 Å². The van der Waals surface area contributed by atoms with Gasteiger partial charge in [-0.1, -0.05) is 25.8 Å². The van der Waals surface area contributed by atoms with Gasteiger partial charge in [0.1, 0.15) is 5.75 Å². The minimum atomic E-state index is 0.417. The molecule has 0 aliphatic heterocycles. The quantitative estimate of drug-likeness (QED) is 0.775. The molecule has 0 radical (unpaired) electrons. The highest BCUT2D eigenvalue weighted by Crippen LogP contribution is 2.31. The Labute approximate surface area is 85.8 Å². The fraction of sp³-hybridized carbons (Fsp3) is 0.538. The third kappa shape index (κ3) is 1.92. The molecule has 0 amide bonds. The van der Waals surface area contributed by atoms with Crippen LogP contribution in [0.3, 0.4) is 0 Å². The Morgan fingerprint density at radius 3 is 2.86 bits per heavy atom. The number of benzene rings is 1. The van der Waals surface area contributed by atoms with Crippen molar-refractivity contribution >= 4 is 0 Å². The van der Waals surface area contributed by atoms with Gasteiger partial charge in [0.2, 0.25) is 0 Å². The maximum absolute atomic E-state index is 9.36. The highest BCUT2D eigenvalue weighted by molar-refractivity contribution is 5.38. The third-order valence-corrected chi connectivity index (χ3v) is 3.17. The van der Waals surface area contributed by atoms with Gasteiger partial charge in [-0.2, -0.15) is 0 Å². The zero-order valence-corrected chi connectivity index (χ0v) is 8.79. The molecule has 2 rings (SSSR count). The Morgan fingerprint density at radius 2 is 2.07 bits per heavy atom. The van der Waals surface area contributed by atoms with Crippen molar-refractivity contribution in [2.45, 2.75) is 39.0 Å². The summed E-state index contributed by atoms with van der Waals surface area (Å²) >= 11 is 0. The first kappa shape index (κ1) is 9.57. The zero-order chi connectivity index (χ0) is 9.97. The molecule has 1 aliphatic carbocycles. The minimum absolute atomic E-state index is 0.417. The number of phenolic OH excluding ortho intramolecular Hbond substituents is 1. The molecule has 0 saturated heterocycles. The number of unbranched alkanes of at least 4 members (excludes halogenated alkanes) is 1. The van der Waals surface area contributed by atoms with Gasteiger partial charge in [-0.05, 0) is 48.4 Å². The minimum Gasteiger partial charge on any atom is -0.508 e. The van der Waals surface area contributed by atoms with Crippen LogP contribution < -0.4 is 0 Å². The molecular weight excluding hydrogens is 172 g/mol. The van der Waals surface area contributed by atoms with E-state index in [1.54, 1.807) is 6.07 Å². The predicted octanol–water partition coefficient (Wildman–Crippen LogP) is 3.30. The molecule has 14 heavy (non-hydrogen) atoms. The van der Waals surface area contributed by atoms with E-state index in [1.807, 2.05) is 6.07 Å². The van der Waals surface area contributed by atoms with Crippen LogP contribution in [0.25, 0.3) is 0 Å². The molecule has 1 N–H and O–H groups in total. The summed E-state index contributed by atoms with van der Waals surface area (Å²) in [6.45, 7) is 2.24. The normalized spacial score (nSPS) is 19.6. The maximum Gasteiger partial charge on any atom is 0.115 e. The van der Waals surface area contributed by atoms with Crippen LogP contribution in [0.5, 0.6) is 5.75 Å². The molecule has 1 aromatic rings. The molecule has 76 valence electrons. The van der Waals surface area contributed by atoms with Crippen molar-refractivity contribution in [3.8, 4) is 5.75 Å².